The quantitative estimate of drug-likeness (QED) is 0.926. The number of hydrogen-bond donors (Lipinski definition) is 1. The van der Waals surface area contributed by atoms with Crippen molar-refractivity contribution in [2.75, 3.05) is 13.2 Å². The second-order valence-corrected chi connectivity index (χ2v) is 5.64. The van der Waals surface area contributed by atoms with E-state index < -0.39 is 0 Å². The first kappa shape index (κ1) is 13.3. The van der Waals surface area contributed by atoms with Gasteiger partial charge in [-0.3, -0.25) is 9.48 Å². The molecular weight excluding hydrogens is 276 g/mol. The van der Waals surface area contributed by atoms with Gasteiger partial charge >= 0.3 is 0 Å². The van der Waals surface area contributed by atoms with Crippen LogP contribution < -0.4 is 5.32 Å². The molecule has 1 saturated heterocycles. The molecule has 0 unspecified atom stereocenters. The summed E-state index contributed by atoms with van der Waals surface area (Å²) in [5, 5.41) is 9.55. The molecule has 3 heterocycles. The SMILES string of the molecule is Cn1cc(-c2nc(C(=O)NC[C@@H]3CCCO3)cs2)cn1. The Labute approximate surface area is 120 Å². The summed E-state index contributed by atoms with van der Waals surface area (Å²) in [4.78, 5) is 16.4. The molecule has 7 heteroatoms. The third-order valence-corrected chi connectivity index (χ3v) is 4.09. The van der Waals surface area contributed by atoms with Gasteiger partial charge in [0, 0.05) is 37.3 Å². The zero-order valence-electron chi connectivity index (χ0n) is 11.2. The van der Waals surface area contributed by atoms with Crippen LogP contribution in [0, 0.1) is 0 Å². The Hall–Kier alpha value is -1.73. The van der Waals surface area contributed by atoms with E-state index in [-0.39, 0.29) is 12.0 Å². The van der Waals surface area contributed by atoms with Gasteiger partial charge in [0.2, 0.25) is 0 Å². The lowest BCUT2D eigenvalue weighted by Gasteiger charge is -2.09. The van der Waals surface area contributed by atoms with Gasteiger partial charge in [0.1, 0.15) is 10.7 Å². The van der Waals surface area contributed by atoms with Crippen LogP contribution in [0.25, 0.3) is 10.6 Å². The van der Waals surface area contributed by atoms with Crippen LogP contribution in [0.2, 0.25) is 0 Å². The average molecular weight is 292 g/mol. The lowest BCUT2D eigenvalue weighted by atomic mass is 10.2. The number of nitrogens with one attached hydrogen (secondary N) is 1. The number of thiazole rings is 1. The normalized spacial score (nSPS) is 18.4. The van der Waals surface area contributed by atoms with Crippen LogP contribution in [0.3, 0.4) is 0 Å². The van der Waals surface area contributed by atoms with Gasteiger partial charge in [-0.25, -0.2) is 4.98 Å². The van der Waals surface area contributed by atoms with E-state index in [1.807, 2.05) is 13.2 Å². The molecule has 3 rings (SSSR count). The van der Waals surface area contributed by atoms with Crippen molar-refractivity contribution in [2.45, 2.75) is 18.9 Å². The van der Waals surface area contributed by atoms with Gasteiger partial charge in [0.25, 0.3) is 5.91 Å². The Morgan fingerprint density at radius 3 is 3.25 bits per heavy atom. The van der Waals surface area contributed by atoms with E-state index >= 15 is 0 Å². The van der Waals surface area contributed by atoms with Crippen LogP contribution in [0.1, 0.15) is 23.3 Å². The number of ether oxygens (including phenoxy) is 1. The smallest absolute Gasteiger partial charge is 0.270 e. The minimum atomic E-state index is -0.146. The molecule has 1 amide bonds. The monoisotopic (exact) mass is 292 g/mol. The molecule has 0 saturated carbocycles. The van der Waals surface area contributed by atoms with Crippen LogP contribution in [0.5, 0.6) is 0 Å². The summed E-state index contributed by atoms with van der Waals surface area (Å²) in [7, 11) is 1.85. The molecule has 0 spiro atoms. The Morgan fingerprint density at radius 1 is 1.65 bits per heavy atom. The van der Waals surface area contributed by atoms with Gasteiger partial charge in [0.15, 0.2) is 0 Å². The Bertz CT molecular complexity index is 601. The van der Waals surface area contributed by atoms with Crippen molar-refractivity contribution in [3.63, 3.8) is 0 Å². The molecule has 0 aromatic carbocycles. The van der Waals surface area contributed by atoms with Crippen molar-refractivity contribution in [1.82, 2.24) is 20.1 Å². The molecule has 106 valence electrons. The number of nitrogens with zero attached hydrogens (tertiary/aromatic N) is 3. The van der Waals surface area contributed by atoms with E-state index in [0.717, 1.165) is 30.0 Å². The van der Waals surface area contributed by atoms with E-state index in [2.05, 4.69) is 15.4 Å². The summed E-state index contributed by atoms with van der Waals surface area (Å²) in [5.41, 5.74) is 1.38. The number of aromatic nitrogens is 3. The molecule has 2 aromatic heterocycles. The molecule has 0 bridgehead atoms. The average Bonchev–Trinajstić information content (AvgIpc) is 3.16. The molecule has 1 aliphatic heterocycles. The fourth-order valence-corrected chi connectivity index (χ4v) is 2.92. The predicted octanol–water partition coefficient (Wildman–Crippen LogP) is 1.45. The van der Waals surface area contributed by atoms with Crippen LogP contribution in [0.15, 0.2) is 17.8 Å². The Kier molecular flexibility index (Phi) is 3.79. The summed E-state index contributed by atoms with van der Waals surface area (Å²) in [6.45, 7) is 1.35. The lowest BCUT2D eigenvalue weighted by molar-refractivity contribution is 0.0854. The molecule has 6 nitrogen and oxygen atoms in total. The number of aryl methyl sites for hydroxylation is 1. The van der Waals surface area contributed by atoms with Crippen LogP contribution in [-0.4, -0.2) is 39.9 Å². The maximum atomic E-state index is 12.0. The minimum Gasteiger partial charge on any atom is -0.376 e. The predicted molar refractivity (Wildman–Crippen MR) is 75.6 cm³/mol. The van der Waals surface area contributed by atoms with Crippen molar-refractivity contribution < 1.29 is 9.53 Å². The van der Waals surface area contributed by atoms with Crippen LogP contribution >= 0.6 is 11.3 Å². The Morgan fingerprint density at radius 2 is 2.55 bits per heavy atom. The standard InChI is InChI=1S/C13H16N4O2S/c1-17-7-9(5-15-17)13-16-11(8-20-13)12(18)14-6-10-3-2-4-19-10/h5,7-8,10H,2-4,6H2,1H3,(H,14,18)/t10-/m0/s1. The molecule has 1 N–H and O–H groups in total. The maximum absolute atomic E-state index is 12.0. The number of amides is 1. The molecular formula is C13H16N4O2S. The summed E-state index contributed by atoms with van der Waals surface area (Å²) in [6, 6.07) is 0. The van der Waals surface area contributed by atoms with Crippen LogP contribution in [0.4, 0.5) is 0 Å². The minimum absolute atomic E-state index is 0.146. The van der Waals surface area contributed by atoms with Gasteiger partial charge in [0.05, 0.1) is 12.3 Å². The highest BCUT2D eigenvalue weighted by molar-refractivity contribution is 7.13. The van der Waals surface area contributed by atoms with E-state index in [4.69, 9.17) is 4.74 Å². The third-order valence-electron chi connectivity index (χ3n) is 3.20. The maximum Gasteiger partial charge on any atom is 0.270 e. The van der Waals surface area contributed by atoms with Gasteiger partial charge in [-0.15, -0.1) is 11.3 Å². The zero-order valence-corrected chi connectivity index (χ0v) is 12.0. The fourth-order valence-electron chi connectivity index (χ4n) is 2.14. The van der Waals surface area contributed by atoms with Gasteiger partial charge in [-0.1, -0.05) is 0 Å². The summed E-state index contributed by atoms with van der Waals surface area (Å²) in [5.74, 6) is -0.146. The number of rotatable bonds is 4. The van der Waals surface area contributed by atoms with Gasteiger partial charge in [-0.2, -0.15) is 5.10 Å². The molecule has 0 radical (unpaired) electrons. The van der Waals surface area contributed by atoms with E-state index in [9.17, 15) is 4.79 Å². The van der Waals surface area contributed by atoms with E-state index in [1.54, 1.807) is 16.3 Å². The molecule has 0 aliphatic carbocycles. The summed E-state index contributed by atoms with van der Waals surface area (Å²) >= 11 is 1.45. The van der Waals surface area contributed by atoms with Crippen LogP contribution in [-0.2, 0) is 11.8 Å². The lowest BCUT2D eigenvalue weighted by Crippen LogP contribution is -2.31. The molecule has 2 aromatic rings. The first-order chi connectivity index (χ1) is 9.72. The van der Waals surface area contributed by atoms with Crippen molar-refractivity contribution in [3.8, 4) is 10.6 Å². The molecule has 20 heavy (non-hydrogen) atoms. The van der Waals surface area contributed by atoms with Gasteiger partial charge in [-0.05, 0) is 12.8 Å². The first-order valence-electron chi connectivity index (χ1n) is 6.57. The molecule has 1 atom stereocenters. The number of hydrogen-bond acceptors (Lipinski definition) is 5. The van der Waals surface area contributed by atoms with Crippen molar-refractivity contribution >= 4 is 17.2 Å². The zero-order chi connectivity index (χ0) is 13.9. The largest absolute Gasteiger partial charge is 0.376 e. The van der Waals surface area contributed by atoms with Crippen molar-refractivity contribution in [3.05, 3.63) is 23.5 Å². The van der Waals surface area contributed by atoms with E-state index in [0.29, 0.717) is 12.2 Å². The number of carbonyl (C=O) groups excluding carboxylic acids is 1. The van der Waals surface area contributed by atoms with Crippen molar-refractivity contribution in [2.24, 2.45) is 7.05 Å². The second kappa shape index (κ2) is 5.72. The highest BCUT2D eigenvalue weighted by Gasteiger charge is 2.18. The van der Waals surface area contributed by atoms with E-state index in [1.165, 1.54) is 11.3 Å². The fraction of sp³-hybridized carbons (Fsp3) is 0.462. The first-order valence-corrected chi connectivity index (χ1v) is 7.44. The van der Waals surface area contributed by atoms with Gasteiger partial charge < -0.3 is 10.1 Å². The van der Waals surface area contributed by atoms with Crippen molar-refractivity contribution in [1.29, 1.82) is 0 Å². The number of carbonyl (C=O) groups is 1. The topological polar surface area (TPSA) is 69.0 Å². The highest BCUT2D eigenvalue weighted by atomic mass is 32.1. The molecule has 1 fully saturated rings. The summed E-state index contributed by atoms with van der Waals surface area (Å²) in [6.07, 6.45) is 5.86. The third kappa shape index (κ3) is 2.88. The second-order valence-electron chi connectivity index (χ2n) is 4.79. The highest BCUT2D eigenvalue weighted by Crippen LogP contribution is 2.22. The molecule has 1 aliphatic rings. The summed E-state index contributed by atoms with van der Waals surface area (Å²) < 4.78 is 7.19. The Balaban J connectivity index is 1.62.